The molecule has 1 aromatic heterocycles. The van der Waals surface area contributed by atoms with E-state index in [1.54, 1.807) is 43.0 Å². The summed E-state index contributed by atoms with van der Waals surface area (Å²) in [5, 5.41) is 9.72. The van der Waals surface area contributed by atoms with Crippen LogP contribution in [0, 0.1) is 13.8 Å². The molecule has 0 atom stereocenters. The van der Waals surface area contributed by atoms with Crippen LogP contribution in [0.25, 0.3) is 0 Å². The van der Waals surface area contributed by atoms with Crippen LogP contribution in [0.1, 0.15) is 34.7 Å². The molecule has 0 radical (unpaired) electrons. The van der Waals surface area contributed by atoms with Crippen molar-refractivity contribution in [3.63, 3.8) is 0 Å². The minimum atomic E-state index is -1.32. The second-order valence-corrected chi connectivity index (χ2v) is 6.42. The molecule has 0 spiro atoms. The third kappa shape index (κ3) is 3.51. The van der Waals surface area contributed by atoms with E-state index in [1.807, 2.05) is 6.07 Å². The molecular formula is C19H21N3O4. The molecule has 1 fully saturated rings. The number of benzene rings is 1. The number of likely N-dealkylation sites (tertiary alicyclic amines) is 1. The van der Waals surface area contributed by atoms with Crippen molar-refractivity contribution in [3.05, 3.63) is 53.6 Å². The first-order valence-corrected chi connectivity index (χ1v) is 8.48. The van der Waals surface area contributed by atoms with Gasteiger partial charge in [0.15, 0.2) is 0 Å². The third-order valence-electron chi connectivity index (χ3n) is 4.63. The standard InChI is InChI=1S/C19H21N3O4/c1-13-16(12-20-14(2)21-13)17(23)22-10-8-19(9-11-22,18(24)25)26-15-6-4-3-5-7-15/h3-7,12H,8-11H2,1-2H3,(H,24,25). The van der Waals surface area contributed by atoms with Crippen molar-refractivity contribution in [1.29, 1.82) is 0 Å². The topological polar surface area (TPSA) is 92.6 Å². The quantitative estimate of drug-likeness (QED) is 0.904. The SMILES string of the molecule is Cc1ncc(C(=O)N2CCC(Oc3ccccc3)(C(=O)O)CC2)c(C)n1. The first-order chi connectivity index (χ1) is 12.4. The lowest BCUT2D eigenvalue weighted by Crippen LogP contribution is -2.54. The van der Waals surface area contributed by atoms with E-state index in [0.717, 1.165) is 0 Å². The molecule has 136 valence electrons. The highest BCUT2D eigenvalue weighted by Gasteiger charge is 2.45. The molecule has 1 aliphatic heterocycles. The molecule has 1 aromatic carbocycles. The fourth-order valence-corrected chi connectivity index (χ4v) is 3.11. The molecule has 1 N–H and O–H groups in total. The van der Waals surface area contributed by atoms with Gasteiger partial charge in [0.2, 0.25) is 5.60 Å². The van der Waals surface area contributed by atoms with Gasteiger partial charge in [-0.3, -0.25) is 4.79 Å². The molecule has 26 heavy (non-hydrogen) atoms. The van der Waals surface area contributed by atoms with Crippen molar-refractivity contribution in [3.8, 4) is 5.75 Å². The van der Waals surface area contributed by atoms with E-state index < -0.39 is 11.6 Å². The average Bonchev–Trinajstić information content (AvgIpc) is 2.62. The fourth-order valence-electron chi connectivity index (χ4n) is 3.11. The van der Waals surface area contributed by atoms with Crippen molar-refractivity contribution in [1.82, 2.24) is 14.9 Å². The van der Waals surface area contributed by atoms with E-state index in [9.17, 15) is 14.7 Å². The second kappa shape index (κ2) is 7.11. The first kappa shape index (κ1) is 17.8. The Kier molecular flexibility index (Phi) is 4.88. The van der Waals surface area contributed by atoms with E-state index in [0.29, 0.717) is 35.9 Å². The summed E-state index contributed by atoms with van der Waals surface area (Å²) in [5.41, 5.74) is -0.253. The van der Waals surface area contributed by atoms with Gasteiger partial charge in [-0.2, -0.15) is 0 Å². The summed E-state index contributed by atoms with van der Waals surface area (Å²) in [6, 6.07) is 8.89. The number of amides is 1. The molecule has 0 saturated carbocycles. The van der Waals surface area contributed by atoms with Gasteiger partial charge in [0.05, 0.1) is 11.3 Å². The highest BCUT2D eigenvalue weighted by molar-refractivity contribution is 5.95. The predicted molar refractivity (Wildman–Crippen MR) is 94.1 cm³/mol. The van der Waals surface area contributed by atoms with Gasteiger partial charge in [-0.15, -0.1) is 0 Å². The Morgan fingerprint density at radius 3 is 2.38 bits per heavy atom. The summed E-state index contributed by atoms with van der Waals surface area (Å²) in [6.45, 7) is 4.13. The number of aromatic nitrogens is 2. The highest BCUT2D eigenvalue weighted by Crippen LogP contribution is 2.30. The van der Waals surface area contributed by atoms with E-state index in [1.165, 1.54) is 6.20 Å². The van der Waals surface area contributed by atoms with Gasteiger partial charge in [0, 0.05) is 32.1 Å². The number of aryl methyl sites for hydroxylation is 2. The van der Waals surface area contributed by atoms with Crippen LogP contribution in [-0.2, 0) is 4.79 Å². The minimum absolute atomic E-state index is 0.179. The van der Waals surface area contributed by atoms with Crippen LogP contribution in [0.15, 0.2) is 36.5 Å². The zero-order valence-corrected chi connectivity index (χ0v) is 14.8. The zero-order chi connectivity index (χ0) is 18.7. The van der Waals surface area contributed by atoms with Gasteiger partial charge in [0.1, 0.15) is 11.6 Å². The Balaban J connectivity index is 1.73. The predicted octanol–water partition coefficient (Wildman–Crippen LogP) is 2.23. The monoisotopic (exact) mass is 355 g/mol. The lowest BCUT2D eigenvalue weighted by Gasteiger charge is -2.38. The highest BCUT2D eigenvalue weighted by atomic mass is 16.5. The average molecular weight is 355 g/mol. The van der Waals surface area contributed by atoms with Gasteiger partial charge < -0.3 is 14.7 Å². The number of nitrogens with zero attached hydrogens (tertiary/aromatic N) is 3. The Labute approximate surface area is 151 Å². The van der Waals surface area contributed by atoms with Crippen LogP contribution in [0.2, 0.25) is 0 Å². The maximum Gasteiger partial charge on any atom is 0.348 e. The van der Waals surface area contributed by atoms with Crippen molar-refractivity contribution < 1.29 is 19.4 Å². The second-order valence-electron chi connectivity index (χ2n) is 6.42. The number of rotatable bonds is 4. The maximum atomic E-state index is 12.7. The number of ether oxygens (including phenoxy) is 1. The Morgan fingerprint density at radius 2 is 1.81 bits per heavy atom. The van der Waals surface area contributed by atoms with Crippen LogP contribution in [0.3, 0.4) is 0 Å². The molecule has 1 aliphatic rings. The first-order valence-electron chi connectivity index (χ1n) is 8.48. The number of piperidine rings is 1. The van der Waals surface area contributed by atoms with Gasteiger partial charge in [-0.25, -0.2) is 14.8 Å². The maximum absolute atomic E-state index is 12.7. The Hall–Kier alpha value is -2.96. The fraction of sp³-hybridized carbons (Fsp3) is 0.368. The lowest BCUT2D eigenvalue weighted by atomic mass is 9.90. The Bertz CT molecular complexity index is 815. The number of carbonyl (C=O) groups is 2. The normalized spacial score (nSPS) is 16.2. The zero-order valence-electron chi connectivity index (χ0n) is 14.8. The van der Waals surface area contributed by atoms with Crippen LogP contribution < -0.4 is 4.74 Å². The molecule has 2 heterocycles. The van der Waals surface area contributed by atoms with E-state index in [4.69, 9.17) is 4.74 Å². The summed E-state index contributed by atoms with van der Waals surface area (Å²) in [6.07, 6.45) is 1.96. The third-order valence-corrected chi connectivity index (χ3v) is 4.63. The molecule has 7 nitrogen and oxygen atoms in total. The van der Waals surface area contributed by atoms with Crippen molar-refractivity contribution in [2.75, 3.05) is 13.1 Å². The van der Waals surface area contributed by atoms with Crippen LogP contribution in [-0.4, -0.2) is 50.5 Å². The van der Waals surface area contributed by atoms with Crippen LogP contribution in [0.5, 0.6) is 5.75 Å². The summed E-state index contributed by atoms with van der Waals surface area (Å²) in [7, 11) is 0. The van der Waals surface area contributed by atoms with Gasteiger partial charge in [-0.1, -0.05) is 18.2 Å². The largest absolute Gasteiger partial charge is 0.478 e. The van der Waals surface area contributed by atoms with Gasteiger partial charge >= 0.3 is 5.97 Å². The van der Waals surface area contributed by atoms with Crippen LogP contribution >= 0.6 is 0 Å². The molecule has 1 saturated heterocycles. The molecule has 7 heteroatoms. The number of hydrogen-bond donors (Lipinski definition) is 1. The molecule has 0 aliphatic carbocycles. The lowest BCUT2D eigenvalue weighted by molar-refractivity contribution is -0.159. The summed E-state index contributed by atoms with van der Waals surface area (Å²) in [4.78, 5) is 34.6. The Morgan fingerprint density at radius 1 is 1.15 bits per heavy atom. The number of carboxylic acids is 1. The summed E-state index contributed by atoms with van der Waals surface area (Å²) < 4.78 is 5.82. The molecule has 0 unspecified atom stereocenters. The number of aliphatic carboxylic acids is 1. The van der Waals surface area contributed by atoms with Gasteiger partial charge in [-0.05, 0) is 26.0 Å². The number of para-hydroxylation sites is 1. The molecule has 3 rings (SSSR count). The van der Waals surface area contributed by atoms with Crippen molar-refractivity contribution in [2.24, 2.45) is 0 Å². The van der Waals surface area contributed by atoms with Crippen molar-refractivity contribution >= 4 is 11.9 Å². The van der Waals surface area contributed by atoms with Gasteiger partial charge in [0.25, 0.3) is 5.91 Å². The number of hydrogen-bond acceptors (Lipinski definition) is 5. The smallest absolute Gasteiger partial charge is 0.348 e. The van der Waals surface area contributed by atoms with E-state index >= 15 is 0 Å². The summed E-state index contributed by atoms with van der Waals surface area (Å²) >= 11 is 0. The number of carbonyl (C=O) groups excluding carboxylic acids is 1. The molecule has 1 amide bonds. The molecule has 0 bridgehead atoms. The van der Waals surface area contributed by atoms with E-state index in [2.05, 4.69) is 9.97 Å². The van der Waals surface area contributed by atoms with E-state index in [-0.39, 0.29) is 18.7 Å². The molecular weight excluding hydrogens is 334 g/mol. The van der Waals surface area contributed by atoms with Crippen molar-refractivity contribution in [2.45, 2.75) is 32.3 Å². The summed E-state index contributed by atoms with van der Waals surface area (Å²) in [5.74, 6) is -0.0687. The van der Waals surface area contributed by atoms with Crippen LogP contribution in [0.4, 0.5) is 0 Å². The minimum Gasteiger partial charge on any atom is -0.478 e. The molecule has 2 aromatic rings. The number of carboxylic acid groups (broad SMARTS) is 1.